The molecule has 4 aromatic rings. The van der Waals surface area contributed by atoms with Crippen LogP contribution in [0.3, 0.4) is 0 Å². The lowest BCUT2D eigenvalue weighted by Crippen LogP contribution is -2.41. The average Bonchev–Trinajstić information content (AvgIpc) is 3.30. The van der Waals surface area contributed by atoms with Crippen LogP contribution in [0.4, 0.5) is 3.89 Å². The smallest absolute Gasteiger partial charge is 0.399 e. The van der Waals surface area contributed by atoms with E-state index in [2.05, 4.69) is 12.1 Å². The Balaban J connectivity index is 1.65. The number of hydrogen-bond donors (Lipinski definition) is 0. The largest absolute Gasteiger partial charge is 0.494 e. The maximum atomic E-state index is 13.6. The second-order valence-electron chi connectivity index (χ2n) is 11.1. The first-order chi connectivity index (χ1) is 18.4. The molecule has 0 aromatic heterocycles. The van der Waals surface area contributed by atoms with Gasteiger partial charge in [-0.2, -0.15) is 8.42 Å². The Labute approximate surface area is 229 Å². The van der Waals surface area contributed by atoms with Crippen LogP contribution in [0.15, 0.2) is 97.1 Å². The minimum atomic E-state index is -5.20. The van der Waals surface area contributed by atoms with Gasteiger partial charge >= 0.3 is 17.6 Å². The van der Waals surface area contributed by atoms with Crippen molar-refractivity contribution in [2.75, 3.05) is 0 Å². The minimum absolute atomic E-state index is 0.0912. The van der Waals surface area contributed by atoms with Crippen LogP contribution in [0.5, 0.6) is 5.75 Å². The lowest BCUT2D eigenvalue weighted by Gasteiger charge is -2.34. The van der Waals surface area contributed by atoms with Crippen LogP contribution in [0.25, 0.3) is 11.1 Å². The van der Waals surface area contributed by atoms with Crippen molar-refractivity contribution >= 4 is 23.1 Å². The van der Waals surface area contributed by atoms with Gasteiger partial charge in [0.05, 0.1) is 16.6 Å². The molecule has 0 bridgehead atoms. The third-order valence-corrected chi connectivity index (χ3v) is 8.66. The molecule has 0 unspecified atom stereocenters. The van der Waals surface area contributed by atoms with Gasteiger partial charge in [0, 0.05) is 0 Å². The molecule has 5 nitrogen and oxygen atoms in total. The third kappa shape index (κ3) is 4.09. The molecular weight excluding hydrogens is 514 g/mol. The highest BCUT2D eigenvalue weighted by atomic mass is 32.3. The first kappa shape index (κ1) is 25.8. The van der Waals surface area contributed by atoms with Crippen molar-refractivity contribution in [1.29, 1.82) is 0 Å². The molecule has 0 radical (unpaired) electrons. The summed E-state index contributed by atoms with van der Waals surface area (Å²) in [5.74, 6) is -0.0912. The summed E-state index contributed by atoms with van der Waals surface area (Å²) in [5.41, 5.74) is 4.65. The molecule has 0 spiro atoms. The van der Waals surface area contributed by atoms with Crippen LogP contribution < -0.4 is 9.65 Å². The molecule has 1 fully saturated rings. The molecular formula is C31H28BFO5S. The topological polar surface area (TPSA) is 61.8 Å². The Morgan fingerprint density at radius 1 is 0.692 bits per heavy atom. The predicted molar refractivity (Wildman–Crippen MR) is 150 cm³/mol. The van der Waals surface area contributed by atoms with Crippen LogP contribution in [-0.4, -0.2) is 26.7 Å². The normalized spacial score (nSPS) is 18.4. The van der Waals surface area contributed by atoms with Crippen LogP contribution in [0.1, 0.15) is 49.9 Å². The lowest BCUT2D eigenvalue weighted by molar-refractivity contribution is 0.00578. The van der Waals surface area contributed by atoms with Crippen LogP contribution >= 0.6 is 0 Å². The van der Waals surface area contributed by atoms with Crippen molar-refractivity contribution in [2.45, 2.75) is 44.3 Å². The fraction of sp³-hybridized carbons (Fsp3) is 0.226. The van der Waals surface area contributed by atoms with E-state index in [0.717, 1.165) is 38.8 Å². The number of fused-ring (bicyclic) bond motifs is 3. The van der Waals surface area contributed by atoms with Crippen molar-refractivity contribution in [2.24, 2.45) is 0 Å². The standard InChI is InChI=1S/C31H28BFO5S/c1-29(2)30(3,4)38-32(37-29)23-15-17-25-26-18-16-24(36-39(33,34)35)20-28(26)31(27(25)19-23,21-11-7-5-8-12-21)22-13-9-6-10-14-22/h5-20H,1-4H3. The molecule has 39 heavy (non-hydrogen) atoms. The van der Waals surface area contributed by atoms with E-state index in [9.17, 15) is 12.3 Å². The summed E-state index contributed by atoms with van der Waals surface area (Å²) < 4.78 is 53.9. The van der Waals surface area contributed by atoms with Gasteiger partial charge in [-0.15, -0.1) is 0 Å². The molecule has 4 aromatic carbocycles. The summed E-state index contributed by atoms with van der Waals surface area (Å²) in [6, 6.07) is 31.1. The van der Waals surface area contributed by atoms with E-state index in [4.69, 9.17) is 13.5 Å². The number of benzene rings is 4. The number of rotatable bonds is 5. The van der Waals surface area contributed by atoms with Gasteiger partial charge in [-0.25, -0.2) is 0 Å². The van der Waals surface area contributed by atoms with E-state index in [-0.39, 0.29) is 5.75 Å². The quantitative estimate of drug-likeness (QED) is 0.203. The van der Waals surface area contributed by atoms with E-state index in [1.807, 2.05) is 94.4 Å². The van der Waals surface area contributed by atoms with Crippen LogP contribution in [0.2, 0.25) is 0 Å². The monoisotopic (exact) mass is 542 g/mol. The second-order valence-corrected chi connectivity index (χ2v) is 12.0. The summed E-state index contributed by atoms with van der Waals surface area (Å²) in [5, 5.41) is 0. The Kier molecular flexibility index (Phi) is 5.81. The van der Waals surface area contributed by atoms with Crippen molar-refractivity contribution < 1.29 is 25.8 Å². The van der Waals surface area contributed by atoms with Gasteiger partial charge in [0.1, 0.15) is 5.75 Å². The summed E-state index contributed by atoms with van der Waals surface area (Å²) in [4.78, 5) is 0. The van der Waals surface area contributed by atoms with Gasteiger partial charge in [-0.1, -0.05) is 88.8 Å². The zero-order valence-corrected chi connectivity index (χ0v) is 23.0. The molecule has 0 amide bonds. The molecule has 198 valence electrons. The molecule has 0 atom stereocenters. The van der Waals surface area contributed by atoms with E-state index >= 15 is 0 Å². The van der Waals surface area contributed by atoms with Gasteiger partial charge in [0.15, 0.2) is 0 Å². The van der Waals surface area contributed by atoms with Gasteiger partial charge in [0.2, 0.25) is 0 Å². The third-order valence-electron chi connectivity index (χ3n) is 8.27. The zero-order chi connectivity index (χ0) is 27.6. The van der Waals surface area contributed by atoms with Crippen LogP contribution in [0, 0.1) is 0 Å². The number of hydrogen-bond acceptors (Lipinski definition) is 5. The SMILES string of the molecule is CC1(C)OB(c2ccc3c(c2)C(c2ccccc2)(c2ccccc2)c2cc(OS(=O)(=O)F)ccc2-3)OC1(C)C. The minimum Gasteiger partial charge on any atom is -0.399 e. The highest BCUT2D eigenvalue weighted by Gasteiger charge is 2.53. The molecule has 1 heterocycles. The maximum Gasteiger partial charge on any atom is 0.494 e. The first-order valence-corrected chi connectivity index (χ1v) is 14.1. The highest BCUT2D eigenvalue weighted by Crippen LogP contribution is 2.56. The van der Waals surface area contributed by atoms with Gasteiger partial charge in [-0.3, -0.25) is 0 Å². The fourth-order valence-electron chi connectivity index (χ4n) is 5.78. The van der Waals surface area contributed by atoms with E-state index in [0.29, 0.717) is 0 Å². The van der Waals surface area contributed by atoms with Gasteiger partial charge in [0.25, 0.3) is 0 Å². The summed E-state index contributed by atoms with van der Waals surface area (Å²) in [6.45, 7) is 8.09. The summed E-state index contributed by atoms with van der Waals surface area (Å²) >= 11 is 0. The summed E-state index contributed by atoms with van der Waals surface area (Å²) in [6.07, 6.45) is 0. The maximum absolute atomic E-state index is 13.6. The van der Waals surface area contributed by atoms with Crippen molar-refractivity contribution in [3.63, 3.8) is 0 Å². The van der Waals surface area contributed by atoms with Crippen molar-refractivity contribution in [3.05, 3.63) is 119 Å². The fourth-order valence-corrected chi connectivity index (χ4v) is 6.11. The lowest BCUT2D eigenvalue weighted by atomic mass is 9.66. The molecule has 8 heteroatoms. The molecule has 0 saturated carbocycles. The Morgan fingerprint density at radius 3 is 1.69 bits per heavy atom. The van der Waals surface area contributed by atoms with E-state index < -0.39 is 34.2 Å². The van der Waals surface area contributed by atoms with E-state index in [1.165, 1.54) is 6.07 Å². The van der Waals surface area contributed by atoms with Crippen molar-refractivity contribution in [1.82, 2.24) is 0 Å². The van der Waals surface area contributed by atoms with Crippen LogP contribution in [-0.2, 0) is 25.2 Å². The Bertz CT molecular complexity index is 1610. The van der Waals surface area contributed by atoms with Gasteiger partial charge < -0.3 is 13.5 Å². The molecule has 2 aliphatic rings. The summed E-state index contributed by atoms with van der Waals surface area (Å²) in [7, 11) is -5.77. The highest BCUT2D eigenvalue weighted by molar-refractivity contribution is 7.81. The zero-order valence-electron chi connectivity index (χ0n) is 22.1. The average molecular weight is 542 g/mol. The molecule has 6 rings (SSSR count). The molecule has 1 aliphatic heterocycles. The Morgan fingerprint density at radius 2 is 1.18 bits per heavy atom. The number of halogens is 1. The van der Waals surface area contributed by atoms with Crippen molar-refractivity contribution in [3.8, 4) is 16.9 Å². The first-order valence-electron chi connectivity index (χ1n) is 12.8. The molecule has 1 aliphatic carbocycles. The Hall–Kier alpha value is -3.46. The molecule has 1 saturated heterocycles. The van der Waals surface area contributed by atoms with Gasteiger partial charge in [-0.05, 0) is 78.7 Å². The predicted octanol–water partition coefficient (Wildman–Crippen LogP) is 5.94. The second kappa shape index (κ2) is 8.78. The molecule has 0 N–H and O–H groups in total. The van der Waals surface area contributed by atoms with E-state index in [1.54, 1.807) is 12.1 Å².